The van der Waals surface area contributed by atoms with E-state index in [1.165, 1.54) is 0 Å². The standard InChI is InChI=1S/C9H6N2O/c10-5-6-1-2-8-7(3-6)4-9(12)11-8/h1-4,11-12H. The molecule has 0 spiro atoms. The molecule has 0 atom stereocenters. The minimum Gasteiger partial charge on any atom is -0.495 e. The summed E-state index contributed by atoms with van der Waals surface area (Å²) in [5.74, 6) is 0.125. The molecule has 3 heteroatoms. The maximum absolute atomic E-state index is 9.08. The summed E-state index contributed by atoms with van der Waals surface area (Å²) in [4.78, 5) is 2.76. The molecule has 2 rings (SSSR count). The summed E-state index contributed by atoms with van der Waals surface area (Å²) < 4.78 is 0. The van der Waals surface area contributed by atoms with Gasteiger partial charge in [0, 0.05) is 17.0 Å². The average molecular weight is 158 g/mol. The first-order valence-corrected chi connectivity index (χ1v) is 3.51. The number of aromatic hydroxyl groups is 1. The third-order valence-corrected chi connectivity index (χ3v) is 1.74. The molecule has 0 aliphatic carbocycles. The fourth-order valence-electron chi connectivity index (χ4n) is 1.19. The number of aromatic amines is 1. The molecular formula is C9H6N2O. The van der Waals surface area contributed by atoms with Gasteiger partial charge in [-0.25, -0.2) is 0 Å². The molecule has 2 aromatic rings. The highest BCUT2D eigenvalue weighted by atomic mass is 16.3. The predicted molar refractivity (Wildman–Crippen MR) is 44.7 cm³/mol. The van der Waals surface area contributed by atoms with E-state index < -0.39 is 0 Å². The molecule has 12 heavy (non-hydrogen) atoms. The van der Waals surface area contributed by atoms with Gasteiger partial charge in [-0.2, -0.15) is 5.26 Å². The molecule has 0 saturated carbocycles. The summed E-state index contributed by atoms with van der Waals surface area (Å²) in [5, 5.41) is 18.5. The van der Waals surface area contributed by atoms with E-state index >= 15 is 0 Å². The Hall–Kier alpha value is -1.95. The van der Waals surface area contributed by atoms with Crippen LogP contribution in [0.4, 0.5) is 0 Å². The lowest BCUT2D eigenvalue weighted by molar-refractivity contribution is 0.458. The second-order valence-corrected chi connectivity index (χ2v) is 2.57. The van der Waals surface area contributed by atoms with Gasteiger partial charge in [0.05, 0.1) is 11.6 Å². The lowest BCUT2D eigenvalue weighted by Crippen LogP contribution is -1.72. The van der Waals surface area contributed by atoms with Crippen molar-refractivity contribution in [3.8, 4) is 11.9 Å². The molecule has 2 N–H and O–H groups in total. The van der Waals surface area contributed by atoms with Crippen molar-refractivity contribution in [2.24, 2.45) is 0 Å². The fraction of sp³-hybridized carbons (Fsp3) is 0. The summed E-state index contributed by atoms with van der Waals surface area (Å²) in [6.07, 6.45) is 0. The Balaban J connectivity index is 2.77. The summed E-state index contributed by atoms with van der Waals surface area (Å²) in [5.41, 5.74) is 1.44. The lowest BCUT2D eigenvalue weighted by Gasteiger charge is -1.88. The maximum Gasteiger partial charge on any atom is 0.189 e. The normalized spacial score (nSPS) is 9.92. The highest BCUT2D eigenvalue weighted by Gasteiger charge is 1.98. The molecular weight excluding hydrogens is 152 g/mol. The molecule has 3 nitrogen and oxygen atoms in total. The smallest absolute Gasteiger partial charge is 0.189 e. The third-order valence-electron chi connectivity index (χ3n) is 1.74. The van der Waals surface area contributed by atoms with Gasteiger partial charge >= 0.3 is 0 Å². The number of hydrogen-bond donors (Lipinski definition) is 2. The van der Waals surface area contributed by atoms with Crippen LogP contribution in [-0.2, 0) is 0 Å². The zero-order valence-electron chi connectivity index (χ0n) is 6.20. The Bertz CT molecular complexity index is 465. The van der Waals surface area contributed by atoms with Gasteiger partial charge in [0.25, 0.3) is 0 Å². The molecule has 0 amide bonds. The topological polar surface area (TPSA) is 59.8 Å². The zero-order chi connectivity index (χ0) is 8.55. The molecule has 58 valence electrons. The average Bonchev–Trinajstić information content (AvgIpc) is 2.43. The maximum atomic E-state index is 9.08. The number of nitrogens with one attached hydrogen (secondary N) is 1. The fourth-order valence-corrected chi connectivity index (χ4v) is 1.19. The molecule has 0 radical (unpaired) electrons. The lowest BCUT2D eigenvalue weighted by atomic mass is 10.2. The van der Waals surface area contributed by atoms with E-state index in [2.05, 4.69) is 4.98 Å². The van der Waals surface area contributed by atoms with Gasteiger partial charge in [-0.3, -0.25) is 0 Å². The Morgan fingerprint density at radius 2 is 2.17 bits per heavy atom. The first-order chi connectivity index (χ1) is 5.79. The van der Waals surface area contributed by atoms with E-state index in [0.717, 1.165) is 10.9 Å². The summed E-state index contributed by atoms with van der Waals surface area (Å²) in [6.45, 7) is 0. The number of nitrogens with zero attached hydrogens (tertiary/aromatic N) is 1. The van der Waals surface area contributed by atoms with Crippen molar-refractivity contribution in [1.82, 2.24) is 4.98 Å². The highest BCUT2D eigenvalue weighted by Crippen LogP contribution is 2.19. The van der Waals surface area contributed by atoms with Gasteiger partial charge in [0.2, 0.25) is 0 Å². The number of rotatable bonds is 0. The van der Waals surface area contributed by atoms with Gasteiger partial charge in [0.15, 0.2) is 5.88 Å². The largest absolute Gasteiger partial charge is 0.495 e. The minimum atomic E-state index is 0.125. The molecule has 1 aromatic carbocycles. The van der Waals surface area contributed by atoms with Crippen LogP contribution in [0.25, 0.3) is 10.9 Å². The van der Waals surface area contributed by atoms with E-state index in [-0.39, 0.29) is 5.88 Å². The van der Waals surface area contributed by atoms with Crippen molar-refractivity contribution in [2.45, 2.75) is 0 Å². The van der Waals surface area contributed by atoms with Crippen LogP contribution in [0.1, 0.15) is 5.56 Å². The van der Waals surface area contributed by atoms with E-state index in [1.54, 1.807) is 24.3 Å². The molecule has 0 aliphatic heterocycles. The predicted octanol–water partition coefficient (Wildman–Crippen LogP) is 1.75. The van der Waals surface area contributed by atoms with Crippen LogP contribution in [-0.4, -0.2) is 10.1 Å². The molecule has 0 aliphatic rings. The summed E-state index contributed by atoms with van der Waals surface area (Å²) in [6, 6.07) is 8.83. The molecule has 1 heterocycles. The number of nitriles is 1. The van der Waals surface area contributed by atoms with Gasteiger partial charge < -0.3 is 10.1 Å². The first kappa shape index (κ1) is 6.74. The van der Waals surface area contributed by atoms with Gasteiger partial charge in [-0.05, 0) is 18.2 Å². The van der Waals surface area contributed by atoms with E-state index in [4.69, 9.17) is 10.4 Å². The van der Waals surface area contributed by atoms with Crippen molar-refractivity contribution in [3.05, 3.63) is 29.8 Å². The number of hydrogen-bond acceptors (Lipinski definition) is 2. The van der Waals surface area contributed by atoms with Gasteiger partial charge in [-0.15, -0.1) is 0 Å². The Kier molecular flexibility index (Phi) is 1.28. The van der Waals surface area contributed by atoms with Crippen LogP contribution < -0.4 is 0 Å². The highest BCUT2D eigenvalue weighted by molar-refractivity contribution is 5.82. The van der Waals surface area contributed by atoms with Crippen LogP contribution >= 0.6 is 0 Å². The van der Waals surface area contributed by atoms with Crippen molar-refractivity contribution in [2.75, 3.05) is 0 Å². The van der Waals surface area contributed by atoms with E-state index in [0.29, 0.717) is 5.56 Å². The molecule has 1 aromatic heterocycles. The van der Waals surface area contributed by atoms with Gasteiger partial charge in [-0.1, -0.05) is 0 Å². The van der Waals surface area contributed by atoms with Crippen LogP contribution in [0, 0.1) is 11.3 Å². The summed E-state index contributed by atoms with van der Waals surface area (Å²) >= 11 is 0. The van der Waals surface area contributed by atoms with Crippen molar-refractivity contribution in [3.63, 3.8) is 0 Å². The Morgan fingerprint density at radius 1 is 1.33 bits per heavy atom. The van der Waals surface area contributed by atoms with Crippen molar-refractivity contribution < 1.29 is 5.11 Å². The SMILES string of the molecule is N#Cc1ccc2[nH]c(O)cc2c1. The molecule has 0 unspecified atom stereocenters. The van der Waals surface area contributed by atoms with Crippen LogP contribution in [0.3, 0.4) is 0 Å². The minimum absolute atomic E-state index is 0.125. The Morgan fingerprint density at radius 3 is 2.92 bits per heavy atom. The number of aromatic nitrogens is 1. The second kappa shape index (κ2) is 2.28. The summed E-state index contributed by atoms with van der Waals surface area (Å²) in [7, 11) is 0. The van der Waals surface area contributed by atoms with Crippen LogP contribution in [0.5, 0.6) is 5.88 Å². The molecule has 0 saturated heterocycles. The van der Waals surface area contributed by atoms with Crippen molar-refractivity contribution in [1.29, 1.82) is 5.26 Å². The molecule has 0 fully saturated rings. The van der Waals surface area contributed by atoms with Crippen LogP contribution in [0.15, 0.2) is 24.3 Å². The molecule has 0 bridgehead atoms. The first-order valence-electron chi connectivity index (χ1n) is 3.51. The second-order valence-electron chi connectivity index (χ2n) is 2.57. The quantitative estimate of drug-likeness (QED) is 0.613. The van der Waals surface area contributed by atoms with Crippen molar-refractivity contribution >= 4 is 10.9 Å². The van der Waals surface area contributed by atoms with E-state index in [9.17, 15) is 0 Å². The number of benzene rings is 1. The Labute approximate surface area is 68.9 Å². The number of H-pyrrole nitrogens is 1. The third kappa shape index (κ3) is 0.903. The van der Waals surface area contributed by atoms with Gasteiger partial charge in [0.1, 0.15) is 0 Å². The number of fused-ring (bicyclic) bond motifs is 1. The van der Waals surface area contributed by atoms with E-state index in [1.807, 2.05) is 6.07 Å². The van der Waals surface area contributed by atoms with Crippen LogP contribution in [0.2, 0.25) is 0 Å². The zero-order valence-corrected chi connectivity index (χ0v) is 6.20. The monoisotopic (exact) mass is 158 g/mol.